The number of rotatable bonds is 4. The lowest BCUT2D eigenvalue weighted by Crippen LogP contribution is -2.10. The van der Waals surface area contributed by atoms with Gasteiger partial charge in [0.1, 0.15) is 23.9 Å². The summed E-state index contributed by atoms with van der Waals surface area (Å²) < 4.78 is 25.2. The summed E-state index contributed by atoms with van der Waals surface area (Å²) in [4.78, 5) is 12.7. The van der Waals surface area contributed by atoms with E-state index < -0.39 is 0 Å². The van der Waals surface area contributed by atoms with Crippen LogP contribution in [-0.2, 0) is 12.0 Å². The van der Waals surface area contributed by atoms with Crippen LogP contribution in [0.2, 0.25) is 0 Å². The van der Waals surface area contributed by atoms with Crippen molar-refractivity contribution < 1.29 is 18.7 Å². The number of ether oxygens (including phenoxy) is 2. The van der Waals surface area contributed by atoms with Gasteiger partial charge in [-0.3, -0.25) is 4.79 Å². The molecule has 0 bridgehead atoms. The zero-order valence-electron chi connectivity index (χ0n) is 17.2. The molecule has 152 valence electrons. The van der Waals surface area contributed by atoms with E-state index in [-0.39, 0.29) is 29.4 Å². The summed E-state index contributed by atoms with van der Waals surface area (Å²) >= 11 is 0. The van der Waals surface area contributed by atoms with Crippen molar-refractivity contribution in [2.24, 2.45) is 0 Å². The van der Waals surface area contributed by atoms with Crippen molar-refractivity contribution in [2.45, 2.75) is 32.8 Å². The first kappa shape index (κ1) is 19.9. The van der Waals surface area contributed by atoms with Crippen molar-refractivity contribution in [3.63, 3.8) is 0 Å². The van der Waals surface area contributed by atoms with E-state index in [1.807, 2.05) is 12.1 Å². The van der Waals surface area contributed by atoms with E-state index in [0.29, 0.717) is 22.6 Å². The van der Waals surface area contributed by atoms with E-state index >= 15 is 0 Å². The third kappa shape index (κ3) is 4.13. The Labute approximate surface area is 175 Å². The maximum Gasteiger partial charge on any atom is 0.231 e. The number of carbonyl (C=O) groups is 1. The maximum absolute atomic E-state index is 13.8. The van der Waals surface area contributed by atoms with Crippen LogP contribution >= 0.6 is 0 Å². The number of carbonyl (C=O) groups excluding carboxylic acids is 1. The first-order valence-electron chi connectivity index (χ1n) is 9.86. The van der Waals surface area contributed by atoms with Crippen molar-refractivity contribution in [3.05, 3.63) is 101 Å². The van der Waals surface area contributed by atoms with Crippen molar-refractivity contribution in [2.75, 3.05) is 0 Å². The van der Waals surface area contributed by atoms with E-state index in [2.05, 4.69) is 32.9 Å². The molecule has 3 aromatic rings. The highest BCUT2D eigenvalue weighted by atomic mass is 19.1. The molecule has 0 atom stereocenters. The van der Waals surface area contributed by atoms with Gasteiger partial charge in [0.25, 0.3) is 0 Å². The highest BCUT2D eigenvalue weighted by Crippen LogP contribution is 2.35. The predicted molar refractivity (Wildman–Crippen MR) is 115 cm³/mol. The van der Waals surface area contributed by atoms with Crippen LogP contribution in [0.25, 0.3) is 6.08 Å². The minimum absolute atomic E-state index is 0.0701. The predicted octanol–water partition coefficient (Wildman–Crippen LogP) is 6.32. The molecule has 0 aromatic heterocycles. The zero-order valence-corrected chi connectivity index (χ0v) is 17.2. The highest BCUT2D eigenvalue weighted by molar-refractivity contribution is 6.14. The number of ketones is 1. The quantitative estimate of drug-likeness (QED) is 0.479. The summed E-state index contributed by atoms with van der Waals surface area (Å²) in [5.74, 6) is 0.766. The fourth-order valence-corrected chi connectivity index (χ4v) is 3.26. The zero-order chi connectivity index (χ0) is 21.3. The normalized spacial score (nSPS) is 14.5. The molecule has 3 aromatic carbocycles. The van der Waals surface area contributed by atoms with Crippen molar-refractivity contribution in [3.8, 4) is 11.5 Å². The van der Waals surface area contributed by atoms with Gasteiger partial charge >= 0.3 is 0 Å². The topological polar surface area (TPSA) is 35.5 Å². The van der Waals surface area contributed by atoms with Gasteiger partial charge in [-0.25, -0.2) is 4.39 Å². The molecule has 0 saturated heterocycles. The maximum atomic E-state index is 13.8. The van der Waals surface area contributed by atoms with Crippen molar-refractivity contribution in [1.82, 2.24) is 0 Å². The third-order valence-corrected chi connectivity index (χ3v) is 5.07. The van der Waals surface area contributed by atoms with Gasteiger partial charge in [0.05, 0.1) is 5.56 Å². The fourth-order valence-electron chi connectivity index (χ4n) is 3.26. The molecular formula is C26H23FO3. The van der Waals surface area contributed by atoms with Crippen LogP contribution in [0.3, 0.4) is 0 Å². The molecule has 0 radical (unpaired) electrons. The number of fused-ring (bicyclic) bond motifs is 1. The van der Waals surface area contributed by atoms with Crippen LogP contribution in [0.4, 0.5) is 4.39 Å². The molecule has 4 heteroatoms. The lowest BCUT2D eigenvalue weighted by molar-refractivity contribution is 0.101. The van der Waals surface area contributed by atoms with E-state index in [1.54, 1.807) is 42.5 Å². The van der Waals surface area contributed by atoms with Crippen LogP contribution in [0.15, 0.2) is 72.5 Å². The van der Waals surface area contributed by atoms with E-state index in [4.69, 9.17) is 9.47 Å². The Kier molecular flexibility index (Phi) is 5.17. The van der Waals surface area contributed by atoms with Gasteiger partial charge < -0.3 is 9.47 Å². The summed E-state index contributed by atoms with van der Waals surface area (Å²) in [6, 6.07) is 19.6. The molecule has 0 N–H and O–H groups in total. The molecule has 3 nitrogen and oxygen atoms in total. The molecule has 1 aliphatic rings. The van der Waals surface area contributed by atoms with Crippen LogP contribution in [-0.4, -0.2) is 5.78 Å². The molecule has 0 amide bonds. The molecule has 30 heavy (non-hydrogen) atoms. The number of halogens is 1. The Balaban J connectivity index is 1.50. The third-order valence-electron chi connectivity index (χ3n) is 5.07. The molecular weight excluding hydrogens is 379 g/mol. The first-order valence-corrected chi connectivity index (χ1v) is 9.86. The number of Topliss-reactive ketones (excluding diaryl/α,β-unsaturated/α-hetero) is 1. The van der Waals surface area contributed by atoms with Crippen LogP contribution < -0.4 is 9.47 Å². The van der Waals surface area contributed by atoms with E-state index in [9.17, 15) is 9.18 Å². The second-order valence-electron chi connectivity index (χ2n) is 8.35. The Bertz CT molecular complexity index is 1120. The monoisotopic (exact) mass is 402 g/mol. The summed E-state index contributed by atoms with van der Waals surface area (Å²) in [6.45, 7) is 6.58. The lowest BCUT2D eigenvalue weighted by Gasteiger charge is -2.18. The van der Waals surface area contributed by atoms with Crippen LogP contribution in [0.1, 0.15) is 47.8 Å². The Morgan fingerprint density at radius 2 is 1.73 bits per heavy atom. The van der Waals surface area contributed by atoms with Gasteiger partial charge in [-0.1, -0.05) is 63.2 Å². The van der Waals surface area contributed by atoms with E-state index in [1.165, 1.54) is 11.6 Å². The smallest absolute Gasteiger partial charge is 0.231 e. The molecule has 1 heterocycles. The first-order chi connectivity index (χ1) is 14.3. The molecule has 0 fully saturated rings. The summed E-state index contributed by atoms with van der Waals surface area (Å²) in [7, 11) is 0. The van der Waals surface area contributed by atoms with Crippen molar-refractivity contribution >= 4 is 11.9 Å². The fraction of sp³-hybridized carbons (Fsp3) is 0.192. The van der Waals surface area contributed by atoms with Crippen molar-refractivity contribution in [1.29, 1.82) is 0 Å². The Hall–Kier alpha value is -3.40. The van der Waals surface area contributed by atoms with Crippen LogP contribution in [0.5, 0.6) is 11.5 Å². The van der Waals surface area contributed by atoms with Crippen LogP contribution in [0, 0.1) is 5.82 Å². The summed E-state index contributed by atoms with van der Waals surface area (Å²) in [5, 5.41) is 0. The van der Waals surface area contributed by atoms with Gasteiger partial charge in [0, 0.05) is 11.6 Å². The highest BCUT2D eigenvalue weighted by Gasteiger charge is 2.27. The molecule has 0 aliphatic carbocycles. The Morgan fingerprint density at radius 3 is 2.43 bits per heavy atom. The second kappa shape index (κ2) is 7.79. The minimum Gasteiger partial charge on any atom is -0.489 e. The number of allylic oxidation sites excluding steroid dienone is 1. The Morgan fingerprint density at radius 1 is 1.00 bits per heavy atom. The van der Waals surface area contributed by atoms with E-state index in [0.717, 1.165) is 5.56 Å². The summed E-state index contributed by atoms with van der Waals surface area (Å²) in [6.07, 6.45) is 1.74. The lowest BCUT2D eigenvalue weighted by atomic mass is 9.86. The SMILES string of the molecule is CC(C)(C)c1ccc(/C=C2\Oc3cc(OCc4ccccc4F)ccc3C2=O)cc1. The molecule has 0 saturated carbocycles. The summed E-state index contributed by atoms with van der Waals surface area (Å²) in [5.41, 5.74) is 3.15. The molecule has 0 unspecified atom stereocenters. The molecule has 4 rings (SSSR count). The molecule has 0 spiro atoms. The second-order valence-corrected chi connectivity index (χ2v) is 8.35. The standard InChI is InChI=1S/C26H23FO3/c1-26(2,3)19-10-8-17(9-11-19)14-24-25(28)21-13-12-20(15-23(21)30-24)29-16-18-6-4-5-7-22(18)27/h4-15H,16H2,1-3H3/b24-14-. The minimum atomic E-state index is -0.312. The number of hydrogen-bond donors (Lipinski definition) is 0. The number of hydrogen-bond acceptors (Lipinski definition) is 3. The van der Waals surface area contributed by atoms with Gasteiger partial charge in [0.2, 0.25) is 5.78 Å². The largest absolute Gasteiger partial charge is 0.489 e. The average molecular weight is 402 g/mol. The van der Waals surface area contributed by atoms with Gasteiger partial charge in [-0.05, 0) is 40.8 Å². The molecule has 1 aliphatic heterocycles. The van der Waals surface area contributed by atoms with Gasteiger partial charge in [-0.15, -0.1) is 0 Å². The van der Waals surface area contributed by atoms with Gasteiger partial charge in [-0.2, -0.15) is 0 Å². The number of benzene rings is 3. The van der Waals surface area contributed by atoms with Gasteiger partial charge in [0.15, 0.2) is 5.76 Å². The average Bonchev–Trinajstić information content (AvgIpc) is 3.02.